The van der Waals surface area contributed by atoms with Crippen LogP contribution in [0.3, 0.4) is 0 Å². The summed E-state index contributed by atoms with van der Waals surface area (Å²) in [7, 11) is 0. The molecule has 1 atom stereocenters. The first-order chi connectivity index (χ1) is 10.2. The van der Waals surface area contributed by atoms with E-state index in [1.54, 1.807) is 0 Å². The van der Waals surface area contributed by atoms with Crippen LogP contribution in [-0.2, 0) is 4.74 Å². The van der Waals surface area contributed by atoms with Gasteiger partial charge in [-0.1, -0.05) is 0 Å². The second-order valence-electron chi connectivity index (χ2n) is 5.78. The van der Waals surface area contributed by atoms with Gasteiger partial charge in [0.1, 0.15) is 5.69 Å². The summed E-state index contributed by atoms with van der Waals surface area (Å²) in [6.45, 7) is 5.27. The molecule has 1 aromatic heterocycles. The SMILES string of the molecule is Nc1cn[nH]c1C(=O)N1CCCN(CC2CCCO2)CC1. The predicted molar refractivity (Wildman–Crippen MR) is 78.9 cm³/mol. The minimum Gasteiger partial charge on any atom is -0.396 e. The van der Waals surface area contributed by atoms with Gasteiger partial charge in [-0.25, -0.2) is 0 Å². The zero-order valence-corrected chi connectivity index (χ0v) is 12.3. The van der Waals surface area contributed by atoms with Crippen molar-refractivity contribution >= 4 is 11.6 Å². The quantitative estimate of drug-likeness (QED) is 0.838. The van der Waals surface area contributed by atoms with Gasteiger partial charge in [0, 0.05) is 32.8 Å². The molecule has 0 bridgehead atoms. The number of nitrogens with zero attached hydrogens (tertiary/aromatic N) is 3. The van der Waals surface area contributed by atoms with Crippen LogP contribution >= 0.6 is 0 Å². The molecule has 7 heteroatoms. The molecule has 0 saturated carbocycles. The molecule has 3 N–H and O–H groups in total. The Morgan fingerprint density at radius 2 is 2.29 bits per heavy atom. The van der Waals surface area contributed by atoms with Crippen molar-refractivity contribution in [2.24, 2.45) is 0 Å². The molecule has 0 radical (unpaired) electrons. The summed E-state index contributed by atoms with van der Waals surface area (Å²) in [5.41, 5.74) is 6.58. The molecule has 0 aromatic carbocycles. The van der Waals surface area contributed by atoms with Gasteiger partial charge < -0.3 is 15.4 Å². The van der Waals surface area contributed by atoms with Gasteiger partial charge in [0.25, 0.3) is 5.91 Å². The van der Waals surface area contributed by atoms with Crippen molar-refractivity contribution in [3.63, 3.8) is 0 Å². The van der Waals surface area contributed by atoms with E-state index in [9.17, 15) is 4.79 Å². The highest BCUT2D eigenvalue weighted by Crippen LogP contribution is 2.16. The predicted octanol–water partition coefficient (Wildman–Crippen LogP) is 0.319. The minimum absolute atomic E-state index is 0.0519. The van der Waals surface area contributed by atoms with Gasteiger partial charge in [-0.3, -0.25) is 14.8 Å². The topological polar surface area (TPSA) is 87.5 Å². The van der Waals surface area contributed by atoms with Crippen molar-refractivity contribution in [2.45, 2.75) is 25.4 Å². The maximum atomic E-state index is 12.4. The lowest BCUT2D eigenvalue weighted by atomic mass is 10.2. The van der Waals surface area contributed by atoms with Crippen LogP contribution in [0, 0.1) is 0 Å². The number of nitrogens with two attached hydrogens (primary N) is 1. The van der Waals surface area contributed by atoms with E-state index < -0.39 is 0 Å². The number of rotatable bonds is 3. The maximum Gasteiger partial charge on any atom is 0.274 e. The Morgan fingerprint density at radius 1 is 1.38 bits per heavy atom. The highest BCUT2D eigenvalue weighted by molar-refractivity contribution is 5.97. The zero-order valence-electron chi connectivity index (χ0n) is 12.3. The third-order valence-corrected chi connectivity index (χ3v) is 4.24. The molecule has 0 aliphatic carbocycles. The fraction of sp³-hybridized carbons (Fsp3) is 0.714. The molecule has 2 saturated heterocycles. The first-order valence-electron chi connectivity index (χ1n) is 7.66. The van der Waals surface area contributed by atoms with E-state index in [4.69, 9.17) is 10.5 Å². The number of nitrogen functional groups attached to an aromatic ring is 1. The van der Waals surface area contributed by atoms with E-state index in [-0.39, 0.29) is 5.91 Å². The largest absolute Gasteiger partial charge is 0.396 e. The summed E-state index contributed by atoms with van der Waals surface area (Å²) in [6.07, 6.45) is 5.16. The lowest BCUT2D eigenvalue weighted by Crippen LogP contribution is -2.37. The second-order valence-corrected chi connectivity index (χ2v) is 5.78. The number of ether oxygens (including phenoxy) is 1. The Kier molecular flexibility index (Phi) is 4.40. The first kappa shape index (κ1) is 14.3. The first-order valence-corrected chi connectivity index (χ1v) is 7.66. The molecule has 1 aromatic rings. The lowest BCUT2D eigenvalue weighted by molar-refractivity contribution is 0.0702. The van der Waals surface area contributed by atoms with Crippen molar-refractivity contribution in [1.29, 1.82) is 0 Å². The van der Waals surface area contributed by atoms with Crippen LogP contribution in [0.15, 0.2) is 6.20 Å². The molecule has 7 nitrogen and oxygen atoms in total. The highest BCUT2D eigenvalue weighted by Gasteiger charge is 2.25. The molecule has 3 rings (SSSR count). The van der Waals surface area contributed by atoms with Gasteiger partial charge in [-0.05, 0) is 25.8 Å². The van der Waals surface area contributed by atoms with Crippen molar-refractivity contribution in [3.05, 3.63) is 11.9 Å². The molecule has 1 unspecified atom stereocenters. The second kappa shape index (κ2) is 6.44. The fourth-order valence-corrected chi connectivity index (χ4v) is 3.06. The number of amides is 1. The Balaban J connectivity index is 1.55. The van der Waals surface area contributed by atoms with Gasteiger partial charge in [0.15, 0.2) is 0 Å². The minimum atomic E-state index is -0.0519. The third-order valence-electron chi connectivity index (χ3n) is 4.24. The van der Waals surface area contributed by atoms with Gasteiger partial charge in [-0.2, -0.15) is 5.10 Å². The third kappa shape index (κ3) is 3.36. The summed E-state index contributed by atoms with van der Waals surface area (Å²) in [5, 5.41) is 6.51. The van der Waals surface area contributed by atoms with Gasteiger partial charge in [-0.15, -0.1) is 0 Å². The summed E-state index contributed by atoms with van der Waals surface area (Å²) in [6, 6.07) is 0. The van der Waals surface area contributed by atoms with E-state index in [0.29, 0.717) is 17.5 Å². The van der Waals surface area contributed by atoms with Crippen LogP contribution in [0.2, 0.25) is 0 Å². The van der Waals surface area contributed by atoms with Gasteiger partial charge in [0.05, 0.1) is 18.0 Å². The molecule has 2 aliphatic rings. The molecule has 1 amide bonds. The van der Waals surface area contributed by atoms with E-state index in [1.807, 2.05) is 4.90 Å². The summed E-state index contributed by atoms with van der Waals surface area (Å²) >= 11 is 0. The van der Waals surface area contributed by atoms with Crippen molar-refractivity contribution in [3.8, 4) is 0 Å². The van der Waals surface area contributed by atoms with Crippen molar-refractivity contribution < 1.29 is 9.53 Å². The van der Waals surface area contributed by atoms with Crippen LogP contribution in [-0.4, -0.2) is 71.3 Å². The number of anilines is 1. The van der Waals surface area contributed by atoms with E-state index in [0.717, 1.165) is 52.2 Å². The average molecular weight is 293 g/mol. The number of carbonyl (C=O) groups is 1. The standard InChI is InChI=1S/C14H23N5O2/c15-12-9-16-17-13(12)14(20)19-5-2-4-18(6-7-19)10-11-3-1-8-21-11/h9,11H,1-8,10,15H2,(H,16,17). The molecular weight excluding hydrogens is 270 g/mol. The fourth-order valence-electron chi connectivity index (χ4n) is 3.06. The Bertz CT molecular complexity index is 483. The van der Waals surface area contributed by atoms with Crippen LogP contribution in [0.25, 0.3) is 0 Å². The number of H-pyrrole nitrogens is 1. The number of carbonyl (C=O) groups excluding carboxylic acids is 1. The molecule has 2 aliphatic heterocycles. The summed E-state index contributed by atoms with van der Waals surface area (Å²) in [4.78, 5) is 16.7. The van der Waals surface area contributed by atoms with Crippen LogP contribution in [0.4, 0.5) is 5.69 Å². The molecule has 3 heterocycles. The molecule has 116 valence electrons. The molecule has 0 spiro atoms. The van der Waals surface area contributed by atoms with E-state index in [1.165, 1.54) is 12.6 Å². The monoisotopic (exact) mass is 293 g/mol. The molecule has 21 heavy (non-hydrogen) atoms. The summed E-state index contributed by atoms with van der Waals surface area (Å²) < 4.78 is 5.69. The van der Waals surface area contributed by atoms with Crippen LogP contribution in [0.1, 0.15) is 29.8 Å². The maximum absolute atomic E-state index is 12.4. The number of aromatic nitrogens is 2. The van der Waals surface area contributed by atoms with Crippen LogP contribution < -0.4 is 5.73 Å². The van der Waals surface area contributed by atoms with Crippen LogP contribution in [0.5, 0.6) is 0 Å². The smallest absolute Gasteiger partial charge is 0.274 e. The highest BCUT2D eigenvalue weighted by atomic mass is 16.5. The molecule has 2 fully saturated rings. The Labute approximate surface area is 124 Å². The van der Waals surface area contributed by atoms with Crippen molar-refractivity contribution in [2.75, 3.05) is 45.1 Å². The molecular formula is C14H23N5O2. The Morgan fingerprint density at radius 3 is 3.00 bits per heavy atom. The van der Waals surface area contributed by atoms with Crippen molar-refractivity contribution in [1.82, 2.24) is 20.0 Å². The number of hydrogen-bond donors (Lipinski definition) is 2. The lowest BCUT2D eigenvalue weighted by Gasteiger charge is -2.23. The van der Waals surface area contributed by atoms with Gasteiger partial charge in [0.2, 0.25) is 0 Å². The number of nitrogens with one attached hydrogen (secondary N) is 1. The van der Waals surface area contributed by atoms with E-state index in [2.05, 4.69) is 15.1 Å². The Hall–Kier alpha value is -1.60. The normalized spacial score (nSPS) is 24.2. The zero-order chi connectivity index (χ0) is 14.7. The average Bonchev–Trinajstić information content (AvgIpc) is 3.07. The summed E-state index contributed by atoms with van der Waals surface area (Å²) in [5.74, 6) is -0.0519. The number of hydrogen-bond acceptors (Lipinski definition) is 5. The number of aromatic amines is 1. The van der Waals surface area contributed by atoms with Gasteiger partial charge >= 0.3 is 0 Å². The van der Waals surface area contributed by atoms with E-state index >= 15 is 0 Å².